The van der Waals surface area contributed by atoms with Crippen molar-refractivity contribution in [1.29, 1.82) is 0 Å². The van der Waals surface area contributed by atoms with Crippen LogP contribution >= 0.6 is 0 Å². The number of non-ortho nitro benzene ring substituents is 1. The first-order valence-electron chi connectivity index (χ1n) is 11.2. The maximum absolute atomic E-state index is 13.8. The van der Waals surface area contributed by atoms with Crippen molar-refractivity contribution in [2.45, 2.75) is 12.8 Å². The van der Waals surface area contributed by atoms with Gasteiger partial charge in [0.05, 0.1) is 16.2 Å². The van der Waals surface area contributed by atoms with E-state index in [0.29, 0.717) is 24.3 Å². The van der Waals surface area contributed by atoms with E-state index in [-0.39, 0.29) is 29.5 Å². The van der Waals surface area contributed by atoms with Crippen LogP contribution < -0.4 is 4.90 Å². The smallest absolute Gasteiger partial charge is 0.282 e. The number of imide groups is 1. The Balaban J connectivity index is 1.65. The maximum atomic E-state index is 13.8. The van der Waals surface area contributed by atoms with Crippen LogP contribution in [0.1, 0.15) is 18.4 Å². The molecule has 8 nitrogen and oxygen atoms in total. The van der Waals surface area contributed by atoms with Gasteiger partial charge in [-0.2, -0.15) is 0 Å². The highest BCUT2D eigenvalue weighted by Gasteiger charge is 2.43. The molecule has 3 aromatic rings. The fraction of sp³-hybridized carbons (Fsp3) is 0.231. The molecule has 0 bridgehead atoms. The standard InChI is InChI=1S/C26H23N3O5/c30-16-17-5-4-14-27(15-17)24-23(19-10-12-20(13-11-19)29(33)34)25(31)28(26(24)32)22-9-3-7-18-6-1-2-8-21(18)22/h1-3,6-13,17,30H,4-5,14-16H2. The van der Waals surface area contributed by atoms with E-state index < -0.39 is 16.7 Å². The average Bonchev–Trinajstić information content (AvgIpc) is 3.13. The topological polar surface area (TPSA) is 104 Å². The van der Waals surface area contributed by atoms with Gasteiger partial charge in [0.2, 0.25) is 0 Å². The number of carbonyl (C=O) groups is 2. The average molecular weight is 457 g/mol. The number of aliphatic hydroxyl groups is 1. The number of hydrogen-bond acceptors (Lipinski definition) is 6. The number of hydrogen-bond donors (Lipinski definition) is 1. The van der Waals surface area contributed by atoms with Gasteiger partial charge in [-0.05, 0) is 47.9 Å². The molecule has 5 rings (SSSR count). The Hall–Kier alpha value is -4.04. The molecule has 2 aliphatic rings. The monoisotopic (exact) mass is 457 g/mol. The third kappa shape index (κ3) is 3.62. The number of benzene rings is 3. The Morgan fingerprint density at radius 2 is 1.71 bits per heavy atom. The molecule has 8 heteroatoms. The summed E-state index contributed by atoms with van der Waals surface area (Å²) in [6.07, 6.45) is 1.64. The number of piperidine rings is 1. The summed E-state index contributed by atoms with van der Waals surface area (Å²) in [6.45, 7) is 1.06. The minimum atomic E-state index is -0.500. The molecule has 2 amide bonds. The molecule has 0 aromatic heterocycles. The predicted molar refractivity (Wildman–Crippen MR) is 128 cm³/mol. The van der Waals surface area contributed by atoms with E-state index in [1.165, 1.54) is 29.2 Å². The van der Waals surface area contributed by atoms with Crippen LogP contribution in [-0.2, 0) is 9.59 Å². The van der Waals surface area contributed by atoms with Gasteiger partial charge in [-0.15, -0.1) is 0 Å². The lowest BCUT2D eigenvalue weighted by Crippen LogP contribution is -2.40. The van der Waals surface area contributed by atoms with E-state index in [2.05, 4.69) is 0 Å². The SMILES string of the molecule is O=C1C(c2ccc([N+](=O)[O-])cc2)=C(N2CCCC(CO)C2)C(=O)N1c1cccc2ccccc12. The molecule has 34 heavy (non-hydrogen) atoms. The molecule has 3 aromatic carbocycles. The van der Waals surface area contributed by atoms with Gasteiger partial charge in [0, 0.05) is 37.2 Å². The van der Waals surface area contributed by atoms with Crippen LogP contribution in [0.25, 0.3) is 16.3 Å². The normalized spacial score (nSPS) is 18.8. The molecule has 0 aliphatic carbocycles. The molecule has 1 N–H and O–H groups in total. The number of aliphatic hydroxyl groups excluding tert-OH is 1. The van der Waals surface area contributed by atoms with E-state index in [4.69, 9.17) is 0 Å². The van der Waals surface area contributed by atoms with Gasteiger partial charge >= 0.3 is 0 Å². The van der Waals surface area contributed by atoms with Crippen molar-refractivity contribution in [2.75, 3.05) is 24.6 Å². The summed E-state index contributed by atoms with van der Waals surface area (Å²) >= 11 is 0. The Morgan fingerprint density at radius 3 is 2.44 bits per heavy atom. The number of likely N-dealkylation sites (tertiary alicyclic amines) is 1. The maximum Gasteiger partial charge on any atom is 0.282 e. The van der Waals surface area contributed by atoms with Crippen molar-refractivity contribution in [3.63, 3.8) is 0 Å². The Morgan fingerprint density at radius 1 is 0.971 bits per heavy atom. The Bertz CT molecular complexity index is 1330. The number of anilines is 1. The van der Waals surface area contributed by atoms with Crippen LogP contribution in [0.15, 0.2) is 72.4 Å². The van der Waals surface area contributed by atoms with Crippen LogP contribution in [0.5, 0.6) is 0 Å². The summed E-state index contributed by atoms with van der Waals surface area (Å²) in [6, 6.07) is 18.7. The molecular weight excluding hydrogens is 434 g/mol. The molecule has 1 unspecified atom stereocenters. The van der Waals surface area contributed by atoms with Gasteiger partial charge in [-0.1, -0.05) is 36.4 Å². The molecule has 1 atom stereocenters. The quantitative estimate of drug-likeness (QED) is 0.356. The van der Waals surface area contributed by atoms with Crippen molar-refractivity contribution < 1.29 is 19.6 Å². The number of rotatable bonds is 5. The van der Waals surface area contributed by atoms with Crippen LogP contribution in [0.3, 0.4) is 0 Å². The lowest BCUT2D eigenvalue weighted by atomic mass is 9.97. The van der Waals surface area contributed by atoms with Crippen LogP contribution in [-0.4, -0.2) is 46.4 Å². The summed E-state index contributed by atoms with van der Waals surface area (Å²) in [5, 5.41) is 22.5. The third-order valence-electron chi connectivity index (χ3n) is 6.53. The van der Waals surface area contributed by atoms with Crippen molar-refractivity contribution >= 4 is 39.5 Å². The highest BCUT2D eigenvalue weighted by atomic mass is 16.6. The summed E-state index contributed by atoms with van der Waals surface area (Å²) in [5.74, 6) is -0.876. The molecule has 1 fully saturated rings. The van der Waals surface area contributed by atoms with E-state index >= 15 is 0 Å². The minimum absolute atomic E-state index is 0.00577. The number of nitrogens with zero attached hydrogens (tertiary/aromatic N) is 3. The van der Waals surface area contributed by atoms with E-state index in [0.717, 1.165) is 23.6 Å². The zero-order chi connectivity index (χ0) is 23.8. The van der Waals surface area contributed by atoms with E-state index in [1.54, 1.807) is 6.07 Å². The van der Waals surface area contributed by atoms with Gasteiger partial charge in [0.25, 0.3) is 17.5 Å². The highest BCUT2D eigenvalue weighted by molar-refractivity contribution is 6.46. The lowest BCUT2D eigenvalue weighted by molar-refractivity contribution is -0.384. The van der Waals surface area contributed by atoms with Crippen molar-refractivity contribution in [3.8, 4) is 0 Å². The number of carbonyl (C=O) groups excluding carboxylic acids is 2. The van der Waals surface area contributed by atoms with Crippen LogP contribution in [0, 0.1) is 16.0 Å². The first-order chi connectivity index (χ1) is 16.5. The van der Waals surface area contributed by atoms with Gasteiger partial charge in [-0.25, -0.2) is 4.90 Å². The summed E-state index contributed by atoms with van der Waals surface area (Å²) in [4.78, 5) is 41.4. The summed E-state index contributed by atoms with van der Waals surface area (Å²) in [7, 11) is 0. The highest BCUT2D eigenvalue weighted by Crippen LogP contribution is 2.39. The molecule has 0 saturated carbocycles. The second-order valence-electron chi connectivity index (χ2n) is 8.61. The third-order valence-corrected chi connectivity index (χ3v) is 6.53. The van der Waals surface area contributed by atoms with Crippen LogP contribution in [0.4, 0.5) is 11.4 Å². The van der Waals surface area contributed by atoms with Gasteiger partial charge in [-0.3, -0.25) is 19.7 Å². The van der Waals surface area contributed by atoms with E-state index in [9.17, 15) is 24.8 Å². The first-order valence-corrected chi connectivity index (χ1v) is 11.2. The summed E-state index contributed by atoms with van der Waals surface area (Å²) in [5.41, 5.74) is 1.37. The molecule has 1 saturated heterocycles. The molecular formula is C26H23N3O5. The number of amides is 2. The van der Waals surface area contributed by atoms with Crippen LogP contribution in [0.2, 0.25) is 0 Å². The molecule has 0 spiro atoms. The summed E-state index contributed by atoms with van der Waals surface area (Å²) < 4.78 is 0. The van der Waals surface area contributed by atoms with E-state index in [1.807, 2.05) is 41.3 Å². The molecule has 0 radical (unpaired) electrons. The Kier molecular flexibility index (Phi) is 5.59. The van der Waals surface area contributed by atoms with Crippen molar-refractivity contribution in [1.82, 2.24) is 4.90 Å². The van der Waals surface area contributed by atoms with Gasteiger partial charge < -0.3 is 10.0 Å². The minimum Gasteiger partial charge on any atom is -0.396 e. The molecule has 2 aliphatic heterocycles. The number of nitro benzene ring substituents is 1. The van der Waals surface area contributed by atoms with Crippen molar-refractivity contribution in [2.24, 2.45) is 5.92 Å². The lowest BCUT2D eigenvalue weighted by Gasteiger charge is -2.34. The zero-order valence-electron chi connectivity index (χ0n) is 18.4. The largest absolute Gasteiger partial charge is 0.396 e. The fourth-order valence-electron chi connectivity index (χ4n) is 4.86. The number of nitro groups is 1. The zero-order valence-corrected chi connectivity index (χ0v) is 18.4. The van der Waals surface area contributed by atoms with Crippen molar-refractivity contribution in [3.05, 3.63) is 88.1 Å². The fourth-order valence-corrected chi connectivity index (χ4v) is 4.86. The van der Waals surface area contributed by atoms with Gasteiger partial charge in [0.15, 0.2) is 0 Å². The molecule has 2 heterocycles. The number of fused-ring (bicyclic) bond motifs is 1. The predicted octanol–water partition coefficient (Wildman–Crippen LogP) is 3.74. The molecule has 172 valence electrons. The first kappa shape index (κ1) is 21.8. The second-order valence-corrected chi connectivity index (χ2v) is 8.61. The Labute approximate surface area is 195 Å². The second kappa shape index (κ2) is 8.72. The van der Waals surface area contributed by atoms with Gasteiger partial charge in [0.1, 0.15) is 5.70 Å².